The lowest BCUT2D eigenvalue weighted by Gasteiger charge is -2.34. The van der Waals surface area contributed by atoms with Gasteiger partial charge < -0.3 is 20.1 Å². The smallest absolute Gasteiger partial charge is 0.319 e. The molecule has 2 atom stereocenters. The first kappa shape index (κ1) is 23.2. The molecule has 4 aromatic rings. The summed E-state index contributed by atoms with van der Waals surface area (Å²) >= 11 is 0. The van der Waals surface area contributed by atoms with Gasteiger partial charge in [0.1, 0.15) is 17.1 Å². The van der Waals surface area contributed by atoms with Gasteiger partial charge in [0.15, 0.2) is 5.82 Å². The number of aromatic hydroxyl groups is 1. The van der Waals surface area contributed by atoms with Crippen molar-refractivity contribution in [3.05, 3.63) is 54.3 Å². The van der Waals surface area contributed by atoms with E-state index in [-0.39, 0.29) is 29.1 Å². The molecular weight excluding hydrogens is 481 g/mol. The predicted octanol–water partition coefficient (Wildman–Crippen LogP) is 5.16. The van der Waals surface area contributed by atoms with Crippen LogP contribution in [0.5, 0.6) is 11.8 Å². The Morgan fingerprint density at radius 2 is 1.82 bits per heavy atom. The zero-order valence-electron chi connectivity index (χ0n) is 20.9. The van der Waals surface area contributed by atoms with Crippen LogP contribution in [0.4, 0.5) is 10.2 Å². The number of rotatable bonds is 5. The Hall–Kier alpha value is -3.96. The topological polar surface area (TPSA) is 94.3 Å². The van der Waals surface area contributed by atoms with Gasteiger partial charge in [-0.05, 0) is 66.1 Å². The minimum Gasteiger partial charge on any atom is -0.508 e. The number of piperazine rings is 1. The number of aromatic nitrogens is 2. The normalized spacial score (nSPS) is 24.4. The van der Waals surface area contributed by atoms with Gasteiger partial charge in [-0.15, -0.1) is 0 Å². The third-order valence-electron chi connectivity index (χ3n) is 8.29. The molecule has 1 aliphatic carbocycles. The number of phenolic OH excluding ortho intramolecular Hbond substituents is 1. The van der Waals surface area contributed by atoms with Crippen molar-refractivity contribution in [1.82, 2.24) is 15.3 Å². The molecule has 7 rings (SSSR count). The van der Waals surface area contributed by atoms with Crippen LogP contribution >= 0.6 is 0 Å². The van der Waals surface area contributed by atoms with E-state index in [1.54, 1.807) is 18.2 Å². The number of hydrogen-bond acceptors (Lipinski definition) is 7. The van der Waals surface area contributed by atoms with Crippen molar-refractivity contribution in [2.24, 2.45) is 11.8 Å². The van der Waals surface area contributed by atoms with E-state index in [2.05, 4.69) is 21.3 Å². The highest BCUT2D eigenvalue weighted by atomic mass is 19.1. The fraction of sp³-hybridized carbons (Fsp3) is 0.367. The Balaban J connectivity index is 1.33. The van der Waals surface area contributed by atoms with Crippen LogP contribution in [0.1, 0.15) is 25.7 Å². The molecule has 2 unspecified atom stereocenters. The monoisotopic (exact) mass is 509 g/mol. The van der Waals surface area contributed by atoms with Crippen molar-refractivity contribution in [2.45, 2.75) is 37.8 Å². The van der Waals surface area contributed by atoms with Gasteiger partial charge in [0, 0.05) is 42.0 Å². The maximum Gasteiger partial charge on any atom is 0.319 e. The Bertz CT molecular complexity index is 1580. The SMILES string of the molecule is N#CC1CC(COc2nc(N3CC4CCC(C3)N4)c3ccc(-c4cc(O)cc5ccccc45)c(F)c3n2)C1. The Morgan fingerprint density at radius 3 is 2.61 bits per heavy atom. The molecule has 2 N–H and O–H groups in total. The predicted molar refractivity (Wildman–Crippen MR) is 144 cm³/mol. The van der Waals surface area contributed by atoms with Gasteiger partial charge in [0.25, 0.3) is 0 Å². The van der Waals surface area contributed by atoms with Gasteiger partial charge in [-0.1, -0.05) is 30.3 Å². The Labute approximate surface area is 219 Å². The van der Waals surface area contributed by atoms with Gasteiger partial charge in [0.05, 0.1) is 12.7 Å². The van der Waals surface area contributed by atoms with Crippen molar-refractivity contribution < 1.29 is 14.2 Å². The number of nitrogens with one attached hydrogen (secondary N) is 1. The van der Waals surface area contributed by atoms with E-state index >= 15 is 4.39 Å². The molecule has 2 saturated heterocycles. The van der Waals surface area contributed by atoms with E-state index in [0.29, 0.717) is 41.0 Å². The lowest BCUT2D eigenvalue weighted by atomic mass is 9.76. The van der Waals surface area contributed by atoms with E-state index in [9.17, 15) is 5.11 Å². The number of nitrogens with zero attached hydrogens (tertiary/aromatic N) is 4. The van der Waals surface area contributed by atoms with Gasteiger partial charge in [0.2, 0.25) is 0 Å². The molecule has 1 saturated carbocycles. The number of fused-ring (bicyclic) bond motifs is 4. The van der Waals surface area contributed by atoms with Crippen LogP contribution in [-0.4, -0.2) is 46.9 Å². The lowest BCUT2D eigenvalue weighted by molar-refractivity contribution is 0.141. The number of nitriles is 1. The van der Waals surface area contributed by atoms with Gasteiger partial charge in [-0.3, -0.25) is 0 Å². The number of anilines is 1. The maximum absolute atomic E-state index is 16.4. The lowest BCUT2D eigenvalue weighted by Crippen LogP contribution is -2.51. The third kappa shape index (κ3) is 3.98. The van der Waals surface area contributed by atoms with Crippen LogP contribution in [-0.2, 0) is 0 Å². The molecule has 3 heterocycles. The number of ether oxygens (including phenoxy) is 1. The Morgan fingerprint density at radius 1 is 1.03 bits per heavy atom. The molecule has 3 aromatic carbocycles. The van der Waals surface area contributed by atoms with E-state index in [1.165, 1.54) is 0 Å². The molecule has 38 heavy (non-hydrogen) atoms. The van der Waals surface area contributed by atoms with E-state index in [4.69, 9.17) is 15.0 Å². The summed E-state index contributed by atoms with van der Waals surface area (Å²) in [5.41, 5.74) is 1.20. The van der Waals surface area contributed by atoms with Crippen LogP contribution in [0.15, 0.2) is 48.5 Å². The van der Waals surface area contributed by atoms with Crippen LogP contribution in [0.3, 0.4) is 0 Å². The van der Waals surface area contributed by atoms with Crippen molar-refractivity contribution in [3.8, 4) is 29.0 Å². The largest absolute Gasteiger partial charge is 0.508 e. The van der Waals surface area contributed by atoms with Crippen molar-refractivity contribution in [3.63, 3.8) is 0 Å². The number of benzene rings is 3. The summed E-state index contributed by atoms with van der Waals surface area (Å²) in [7, 11) is 0. The molecule has 0 amide bonds. The second-order valence-electron chi connectivity index (χ2n) is 10.9. The average Bonchev–Trinajstić information content (AvgIpc) is 3.24. The molecule has 8 heteroatoms. The second kappa shape index (κ2) is 9.10. The molecule has 0 radical (unpaired) electrons. The molecule has 2 aliphatic heterocycles. The third-order valence-corrected chi connectivity index (χ3v) is 8.29. The van der Waals surface area contributed by atoms with E-state index < -0.39 is 5.82 Å². The summed E-state index contributed by atoms with van der Waals surface area (Å²) < 4.78 is 22.4. The molecular formula is C30H28FN5O2. The standard InChI is InChI=1S/C30H28FN5O2/c31-27-24(26-12-22(37)11-19-3-1-2-4-23(19)26)7-8-25-28(27)34-30(38-16-18-9-17(10-18)13-32)35-29(25)36-14-20-5-6-21(15-36)33-20/h1-4,7-8,11-12,17-18,20-21,33,37H,5-6,9-10,14-16H2. The van der Waals surface area contributed by atoms with E-state index in [1.807, 2.05) is 30.3 Å². The zero-order chi connectivity index (χ0) is 25.8. The molecule has 7 nitrogen and oxygen atoms in total. The highest BCUT2D eigenvalue weighted by molar-refractivity contribution is 6.01. The number of hydrogen-bond donors (Lipinski definition) is 2. The molecule has 0 spiro atoms. The summed E-state index contributed by atoms with van der Waals surface area (Å²) in [6.45, 7) is 2.01. The number of phenols is 1. The van der Waals surface area contributed by atoms with Crippen molar-refractivity contribution in [2.75, 3.05) is 24.6 Å². The first-order valence-corrected chi connectivity index (χ1v) is 13.3. The summed E-state index contributed by atoms with van der Waals surface area (Å²) in [4.78, 5) is 11.6. The second-order valence-corrected chi connectivity index (χ2v) is 10.9. The van der Waals surface area contributed by atoms with Gasteiger partial charge in [-0.2, -0.15) is 15.2 Å². The highest BCUT2D eigenvalue weighted by Gasteiger charge is 2.34. The van der Waals surface area contributed by atoms with Gasteiger partial charge >= 0.3 is 6.01 Å². The summed E-state index contributed by atoms with van der Waals surface area (Å²) in [6.07, 6.45) is 3.86. The highest BCUT2D eigenvalue weighted by Crippen LogP contribution is 2.39. The van der Waals surface area contributed by atoms with Crippen molar-refractivity contribution >= 4 is 27.5 Å². The maximum atomic E-state index is 16.4. The molecule has 2 bridgehead atoms. The zero-order valence-corrected chi connectivity index (χ0v) is 20.9. The molecule has 192 valence electrons. The fourth-order valence-electron chi connectivity index (χ4n) is 6.30. The van der Waals surface area contributed by atoms with Gasteiger partial charge in [-0.25, -0.2) is 4.39 Å². The molecule has 3 aliphatic rings. The first-order valence-electron chi connectivity index (χ1n) is 13.3. The summed E-state index contributed by atoms with van der Waals surface area (Å²) in [5, 5.41) is 25.4. The average molecular weight is 510 g/mol. The fourth-order valence-corrected chi connectivity index (χ4v) is 6.30. The van der Waals surface area contributed by atoms with E-state index in [0.717, 1.165) is 49.5 Å². The first-order chi connectivity index (χ1) is 18.6. The molecule has 3 fully saturated rings. The van der Waals surface area contributed by atoms with Crippen LogP contribution in [0.2, 0.25) is 0 Å². The van der Waals surface area contributed by atoms with Crippen LogP contribution in [0, 0.1) is 29.0 Å². The minimum absolute atomic E-state index is 0.0815. The van der Waals surface area contributed by atoms with Crippen LogP contribution < -0.4 is 15.0 Å². The summed E-state index contributed by atoms with van der Waals surface area (Å²) in [5.74, 6) is 0.687. The summed E-state index contributed by atoms with van der Waals surface area (Å²) in [6, 6.07) is 17.8. The molecule has 1 aromatic heterocycles. The number of halogens is 1. The van der Waals surface area contributed by atoms with Crippen LogP contribution in [0.25, 0.3) is 32.8 Å². The minimum atomic E-state index is -0.460. The quantitative estimate of drug-likeness (QED) is 0.384. The van der Waals surface area contributed by atoms with Crippen molar-refractivity contribution in [1.29, 1.82) is 5.26 Å². The Kier molecular flexibility index (Phi) is 5.55.